The molecule has 0 aliphatic rings. The van der Waals surface area contributed by atoms with Crippen LogP contribution in [0.2, 0.25) is 0 Å². The lowest BCUT2D eigenvalue weighted by atomic mass is 9.85. The van der Waals surface area contributed by atoms with Crippen LogP contribution >= 0.6 is 0 Å². The summed E-state index contributed by atoms with van der Waals surface area (Å²) >= 11 is 0. The van der Waals surface area contributed by atoms with Gasteiger partial charge in [-0.1, -0.05) is 152 Å². The smallest absolute Gasteiger partial charge is 0.143 e. The van der Waals surface area contributed by atoms with Gasteiger partial charge in [-0.25, -0.2) is 0 Å². The highest BCUT2D eigenvalue weighted by Crippen LogP contribution is 2.45. The van der Waals surface area contributed by atoms with Crippen molar-refractivity contribution in [2.75, 3.05) is 0 Å². The van der Waals surface area contributed by atoms with Crippen molar-refractivity contribution in [1.29, 1.82) is 0 Å². The molecule has 0 bridgehead atoms. The molecule has 1 nitrogen and oxygen atoms in total. The molecule has 0 unspecified atom stereocenters. The molecular formula is C46H28O. The van der Waals surface area contributed by atoms with E-state index >= 15 is 0 Å². The lowest BCUT2D eigenvalue weighted by Gasteiger charge is -2.18. The van der Waals surface area contributed by atoms with E-state index < -0.39 is 0 Å². The van der Waals surface area contributed by atoms with Crippen molar-refractivity contribution in [3.05, 3.63) is 170 Å². The van der Waals surface area contributed by atoms with Crippen LogP contribution in [0.3, 0.4) is 0 Å². The number of rotatable bonds is 3. The van der Waals surface area contributed by atoms with Crippen molar-refractivity contribution in [3.8, 4) is 33.4 Å². The van der Waals surface area contributed by atoms with Crippen LogP contribution in [0.15, 0.2) is 174 Å². The monoisotopic (exact) mass is 596 g/mol. The molecule has 1 heterocycles. The van der Waals surface area contributed by atoms with E-state index in [9.17, 15) is 0 Å². The maximum absolute atomic E-state index is 6.56. The quantitative estimate of drug-likeness (QED) is 0.185. The second kappa shape index (κ2) is 10.2. The Morgan fingerprint density at radius 3 is 1.55 bits per heavy atom. The van der Waals surface area contributed by atoms with E-state index in [1.54, 1.807) is 0 Å². The van der Waals surface area contributed by atoms with Crippen molar-refractivity contribution in [2.45, 2.75) is 0 Å². The van der Waals surface area contributed by atoms with Gasteiger partial charge < -0.3 is 4.42 Å². The van der Waals surface area contributed by atoms with Crippen LogP contribution in [0, 0.1) is 0 Å². The SMILES string of the molecule is c1ccc(-c2c3ccccc3c(-c3ccc4cc(-c5cccc6c5oc5ccc7ccccc7c56)ccc4c3)c3ccccc23)cc1. The van der Waals surface area contributed by atoms with E-state index in [0.717, 1.165) is 27.7 Å². The molecule has 0 spiro atoms. The Hall–Kier alpha value is -6.18. The summed E-state index contributed by atoms with van der Waals surface area (Å²) in [4.78, 5) is 0. The molecular weight excluding hydrogens is 569 g/mol. The molecule has 0 aliphatic carbocycles. The van der Waals surface area contributed by atoms with Crippen LogP contribution in [-0.4, -0.2) is 0 Å². The van der Waals surface area contributed by atoms with E-state index in [1.807, 2.05) is 0 Å². The third-order valence-electron chi connectivity index (χ3n) is 9.82. The molecule has 0 saturated heterocycles. The van der Waals surface area contributed by atoms with Crippen LogP contribution in [0.5, 0.6) is 0 Å². The van der Waals surface area contributed by atoms with Crippen LogP contribution in [0.25, 0.3) is 98.4 Å². The normalized spacial score (nSPS) is 11.8. The fourth-order valence-electron chi connectivity index (χ4n) is 7.72. The highest BCUT2D eigenvalue weighted by Gasteiger charge is 2.18. The van der Waals surface area contributed by atoms with Gasteiger partial charge in [0.15, 0.2) is 0 Å². The van der Waals surface area contributed by atoms with E-state index in [2.05, 4.69) is 170 Å². The predicted octanol–water partition coefficient (Wildman–Crippen LogP) is 13.2. The van der Waals surface area contributed by atoms with Crippen LogP contribution in [0.4, 0.5) is 0 Å². The number of benzene rings is 9. The molecule has 218 valence electrons. The van der Waals surface area contributed by atoms with Crippen molar-refractivity contribution in [3.63, 3.8) is 0 Å². The highest BCUT2D eigenvalue weighted by molar-refractivity contribution is 6.22. The highest BCUT2D eigenvalue weighted by atomic mass is 16.3. The van der Waals surface area contributed by atoms with E-state index in [-0.39, 0.29) is 0 Å². The Morgan fingerprint density at radius 1 is 0.319 bits per heavy atom. The molecule has 10 rings (SSSR count). The van der Waals surface area contributed by atoms with E-state index in [1.165, 1.54) is 70.7 Å². The number of fused-ring (bicyclic) bond motifs is 8. The van der Waals surface area contributed by atoms with Gasteiger partial charge in [-0.3, -0.25) is 0 Å². The summed E-state index contributed by atoms with van der Waals surface area (Å²) in [6.07, 6.45) is 0. The largest absolute Gasteiger partial charge is 0.455 e. The molecule has 0 fully saturated rings. The van der Waals surface area contributed by atoms with Crippen molar-refractivity contribution in [1.82, 2.24) is 0 Å². The molecule has 0 radical (unpaired) electrons. The summed E-state index contributed by atoms with van der Waals surface area (Å²) in [5, 5.41) is 12.3. The van der Waals surface area contributed by atoms with Crippen LogP contribution < -0.4 is 0 Å². The molecule has 0 saturated carbocycles. The predicted molar refractivity (Wildman–Crippen MR) is 200 cm³/mol. The zero-order chi connectivity index (χ0) is 30.9. The van der Waals surface area contributed by atoms with E-state index in [4.69, 9.17) is 4.42 Å². The Kier molecular flexibility index (Phi) is 5.64. The summed E-state index contributed by atoms with van der Waals surface area (Å²) in [7, 11) is 0. The topological polar surface area (TPSA) is 13.1 Å². The van der Waals surface area contributed by atoms with Crippen LogP contribution in [-0.2, 0) is 0 Å². The second-order valence-electron chi connectivity index (χ2n) is 12.4. The average Bonchev–Trinajstić information content (AvgIpc) is 3.53. The molecule has 1 heteroatoms. The number of hydrogen-bond acceptors (Lipinski definition) is 1. The zero-order valence-electron chi connectivity index (χ0n) is 25.6. The number of furan rings is 1. The lowest BCUT2D eigenvalue weighted by Crippen LogP contribution is -1.90. The minimum absolute atomic E-state index is 0.925. The molecule has 0 amide bonds. The van der Waals surface area contributed by atoms with Crippen molar-refractivity contribution in [2.24, 2.45) is 0 Å². The second-order valence-corrected chi connectivity index (χ2v) is 12.4. The molecule has 9 aromatic carbocycles. The molecule has 0 atom stereocenters. The molecule has 47 heavy (non-hydrogen) atoms. The first-order valence-corrected chi connectivity index (χ1v) is 16.2. The summed E-state index contributed by atoms with van der Waals surface area (Å²) in [6, 6.07) is 61.5. The molecule has 0 N–H and O–H groups in total. The van der Waals surface area contributed by atoms with Gasteiger partial charge in [0.2, 0.25) is 0 Å². The van der Waals surface area contributed by atoms with E-state index in [0.29, 0.717) is 0 Å². The molecule has 10 aromatic rings. The van der Waals surface area contributed by atoms with Crippen molar-refractivity contribution >= 4 is 65.0 Å². The summed E-state index contributed by atoms with van der Waals surface area (Å²) in [6.45, 7) is 0. The van der Waals surface area contributed by atoms with Gasteiger partial charge in [-0.2, -0.15) is 0 Å². The minimum atomic E-state index is 0.925. The Labute approximate surface area is 271 Å². The summed E-state index contributed by atoms with van der Waals surface area (Å²) in [5.41, 5.74) is 9.17. The third-order valence-corrected chi connectivity index (χ3v) is 9.82. The zero-order valence-corrected chi connectivity index (χ0v) is 25.6. The fourth-order valence-corrected chi connectivity index (χ4v) is 7.72. The molecule has 1 aromatic heterocycles. The fraction of sp³-hybridized carbons (Fsp3) is 0. The van der Waals surface area contributed by atoms with Gasteiger partial charge in [0.25, 0.3) is 0 Å². The first-order chi connectivity index (χ1) is 23.3. The Bertz CT molecular complexity index is 2780. The third kappa shape index (κ3) is 3.97. The van der Waals surface area contributed by atoms with Gasteiger partial charge in [-0.05, 0) is 89.1 Å². The summed E-state index contributed by atoms with van der Waals surface area (Å²) < 4.78 is 6.56. The average molecular weight is 597 g/mol. The van der Waals surface area contributed by atoms with Gasteiger partial charge >= 0.3 is 0 Å². The standard InChI is InChI=1S/C46H28O/c1-2-12-30(13-3-1)43-37-15-6-8-17-39(37)44(40-18-9-7-16-38(40)43)34-24-22-31-27-33(23-21-32(31)28-34)36-19-10-20-41-45-35-14-5-4-11-29(35)25-26-42(45)47-46(36)41/h1-28H. The molecule has 0 aliphatic heterocycles. The first kappa shape index (κ1) is 26.1. The first-order valence-electron chi connectivity index (χ1n) is 16.2. The Morgan fingerprint density at radius 2 is 0.851 bits per heavy atom. The Balaban J connectivity index is 1.15. The van der Waals surface area contributed by atoms with Gasteiger partial charge in [-0.15, -0.1) is 0 Å². The maximum atomic E-state index is 6.56. The minimum Gasteiger partial charge on any atom is -0.455 e. The number of para-hydroxylation sites is 1. The van der Waals surface area contributed by atoms with Crippen molar-refractivity contribution < 1.29 is 4.42 Å². The lowest BCUT2D eigenvalue weighted by molar-refractivity contribution is 0.670. The van der Waals surface area contributed by atoms with Gasteiger partial charge in [0.05, 0.1) is 0 Å². The maximum Gasteiger partial charge on any atom is 0.143 e. The van der Waals surface area contributed by atoms with Gasteiger partial charge in [0.1, 0.15) is 11.2 Å². The summed E-state index contributed by atoms with van der Waals surface area (Å²) in [5.74, 6) is 0. The van der Waals surface area contributed by atoms with Gasteiger partial charge in [0, 0.05) is 16.3 Å². The number of hydrogen-bond donors (Lipinski definition) is 0. The van der Waals surface area contributed by atoms with Crippen LogP contribution in [0.1, 0.15) is 0 Å².